The van der Waals surface area contributed by atoms with E-state index < -0.39 is 0 Å². The molecule has 0 radical (unpaired) electrons. The van der Waals surface area contributed by atoms with Gasteiger partial charge in [0.2, 0.25) is 0 Å². The minimum Gasteiger partial charge on any atom is -0.496 e. The second kappa shape index (κ2) is 7.73. The van der Waals surface area contributed by atoms with Crippen LogP contribution in [-0.4, -0.2) is 29.9 Å². The molecule has 0 aliphatic heterocycles. The third kappa shape index (κ3) is 4.66. The number of hydrogen-bond acceptors (Lipinski definition) is 5. The fourth-order valence-corrected chi connectivity index (χ4v) is 3.01. The zero-order chi connectivity index (χ0) is 15.2. The summed E-state index contributed by atoms with van der Waals surface area (Å²) in [5.74, 6) is 0.728. The molecular formula is C15H20ClN3OS. The molecule has 0 spiro atoms. The summed E-state index contributed by atoms with van der Waals surface area (Å²) >= 11 is 7.59. The SMILES string of the molecule is COc1cc(Cl)ccc1-c1nnc(CCCNC(C)C)s1. The minimum atomic E-state index is 0.522. The summed E-state index contributed by atoms with van der Waals surface area (Å²) in [7, 11) is 1.63. The maximum atomic E-state index is 5.98. The Hall–Kier alpha value is -1.17. The molecule has 1 aromatic carbocycles. The van der Waals surface area contributed by atoms with Gasteiger partial charge in [0.25, 0.3) is 0 Å². The molecule has 0 saturated heterocycles. The van der Waals surface area contributed by atoms with E-state index in [0.29, 0.717) is 11.1 Å². The van der Waals surface area contributed by atoms with Crippen LogP contribution in [0.25, 0.3) is 10.6 Å². The second-order valence-electron chi connectivity index (χ2n) is 5.06. The first-order valence-corrected chi connectivity index (χ1v) is 8.19. The largest absolute Gasteiger partial charge is 0.496 e. The maximum absolute atomic E-state index is 5.98. The van der Waals surface area contributed by atoms with E-state index in [4.69, 9.17) is 16.3 Å². The van der Waals surface area contributed by atoms with Gasteiger partial charge in [0.05, 0.1) is 12.7 Å². The Morgan fingerprint density at radius 2 is 2.14 bits per heavy atom. The highest BCUT2D eigenvalue weighted by molar-refractivity contribution is 7.14. The van der Waals surface area contributed by atoms with Gasteiger partial charge >= 0.3 is 0 Å². The molecule has 4 nitrogen and oxygen atoms in total. The molecule has 114 valence electrons. The Labute approximate surface area is 134 Å². The van der Waals surface area contributed by atoms with E-state index in [2.05, 4.69) is 29.4 Å². The van der Waals surface area contributed by atoms with Crippen molar-refractivity contribution in [3.63, 3.8) is 0 Å². The number of aromatic nitrogens is 2. The van der Waals surface area contributed by atoms with Crippen LogP contribution in [0.4, 0.5) is 0 Å². The Morgan fingerprint density at radius 3 is 2.86 bits per heavy atom. The first-order chi connectivity index (χ1) is 10.1. The van der Waals surface area contributed by atoms with Crippen molar-refractivity contribution < 1.29 is 4.74 Å². The standard InChI is InChI=1S/C15H20ClN3OS/c1-10(2)17-8-4-5-14-18-19-15(21-14)12-7-6-11(16)9-13(12)20-3/h6-7,9-10,17H,4-5,8H2,1-3H3. The number of nitrogens with zero attached hydrogens (tertiary/aromatic N) is 2. The number of methoxy groups -OCH3 is 1. The molecule has 2 rings (SSSR count). The first-order valence-electron chi connectivity index (χ1n) is 7.00. The lowest BCUT2D eigenvalue weighted by Gasteiger charge is -2.06. The smallest absolute Gasteiger partial charge is 0.151 e. The molecule has 1 N–H and O–H groups in total. The lowest BCUT2D eigenvalue weighted by molar-refractivity contribution is 0.416. The molecular weight excluding hydrogens is 306 g/mol. The van der Waals surface area contributed by atoms with Crippen LogP contribution in [-0.2, 0) is 6.42 Å². The van der Waals surface area contributed by atoms with E-state index in [1.807, 2.05) is 12.1 Å². The summed E-state index contributed by atoms with van der Waals surface area (Å²) in [5.41, 5.74) is 0.936. The van der Waals surface area contributed by atoms with Gasteiger partial charge in [-0.25, -0.2) is 0 Å². The number of hydrogen-bond donors (Lipinski definition) is 1. The van der Waals surface area contributed by atoms with Gasteiger partial charge in [-0.05, 0) is 31.2 Å². The quantitative estimate of drug-likeness (QED) is 0.787. The zero-order valence-corrected chi connectivity index (χ0v) is 14.1. The van der Waals surface area contributed by atoms with Gasteiger partial charge in [0.1, 0.15) is 10.8 Å². The van der Waals surface area contributed by atoms with E-state index in [1.54, 1.807) is 24.5 Å². The van der Waals surface area contributed by atoms with Crippen molar-refractivity contribution in [1.82, 2.24) is 15.5 Å². The van der Waals surface area contributed by atoms with E-state index in [1.165, 1.54) is 0 Å². The topological polar surface area (TPSA) is 47.0 Å². The van der Waals surface area contributed by atoms with E-state index in [0.717, 1.165) is 40.7 Å². The minimum absolute atomic E-state index is 0.522. The lowest BCUT2D eigenvalue weighted by atomic mass is 10.2. The van der Waals surface area contributed by atoms with E-state index in [-0.39, 0.29) is 0 Å². The summed E-state index contributed by atoms with van der Waals surface area (Å²) in [4.78, 5) is 0. The van der Waals surface area contributed by atoms with Gasteiger partial charge in [-0.15, -0.1) is 10.2 Å². The van der Waals surface area contributed by atoms with E-state index >= 15 is 0 Å². The number of ether oxygens (including phenoxy) is 1. The molecule has 0 amide bonds. The summed E-state index contributed by atoms with van der Waals surface area (Å²) in [5, 5.41) is 14.5. The summed E-state index contributed by atoms with van der Waals surface area (Å²) in [6, 6.07) is 6.08. The number of halogens is 1. The summed E-state index contributed by atoms with van der Waals surface area (Å²) < 4.78 is 5.36. The lowest BCUT2D eigenvalue weighted by Crippen LogP contribution is -2.23. The first kappa shape index (κ1) is 16.2. The van der Waals surface area contributed by atoms with E-state index in [9.17, 15) is 0 Å². The van der Waals surface area contributed by atoms with Gasteiger partial charge < -0.3 is 10.1 Å². The van der Waals surface area contributed by atoms with Crippen LogP contribution in [0.1, 0.15) is 25.3 Å². The molecule has 0 aliphatic carbocycles. The molecule has 0 aliphatic rings. The Balaban J connectivity index is 2.02. The number of aryl methyl sites for hydroxylation is 1. The molecule has 2 aromatic rings. The van der Waals surface area contributed by atoms with Gasteiger partial charge in [-0.3, -0.25) is 0 Å². The van der Waals surface area contributed by atoms with Crippen molar-refractivity contribution in [2.45, 2.75) is 32.7 Å². The van der Waals surface area contributed by atoms with Crippen LogP contribution in [0.15, 0.2) is 18.2 Å². The van der Waals surface area contributed by atoms with Crippen molar-refractivity contribution in [3.05, 3.63) is 28.2 Å². The molecule has 0 bridgehead atoms. The normalized spacial score (nSPS) is 11.1. The number of nitrogens with one attached hydrogen (secondary N) is 1. The van der Waals surface area contributed by atoms with Crippen LogP contribution < -0.4 is 10.1 Å². The van der Waals surface area contributed by atoms with Crippen molar-refractivity contribution >= 4 is 22.9 Å². The fraction of sp³-hybridized carbons (Fsp3) is 0.467. The van der Waals surface area contributed by atoms with Crippen LogP contribution in [0.3, 0.4) is 0 Å². The Morgan fingerprint density at radius 1 is 1.33 bits per heavy atom. The molecule has 6 heteroatoms. The number of rotatable bonds is 7. The van der Waals surface area contributed by atoms with Crippen molar-refractivity contribution in [2.75, 3.05) is 13.7 Å². The van der Waals surface area contributed by atoms with Crippen LogP contribution in [0.5, 0.6) is 5.75 Å². The highest BCUT2D eigenvalue weighted by Gasteiger charge is 2.12. The van der Waals surface area contributed by atoms with Gasteiger partial charge in [0, 0.05) is 17.5 Å². The van der Waals surface area contributed by atoms with Crippen molar-refractivity contribution in [1.29, 1.82) is 0 Å². The highest BCUT2D eigenvalue weighted by atomic mass is 35.5. The molecule has 0 atom stereocenters. The number of benzene rings is 1. The van der Waals surface area contributed by atoms with Crippen molar-refractivity contribution in [2.24, 2.45) is 0 Å². The summed E-state index contributed by atoms with van der Waals surface area (Å²) in [6.07, 6.45) is 2.00. The molecule has 1 aromatic heterocycles. The summed E-state index contributed by atoms with van der Waals surface area (Å²) in [6.45, 7) is 5.29. The van der Waals surface area contributed by atoms with Gasteiger partial charge in [-0.1, -0.05) is 36.8 Å². The Kier molecular flexibility index (Phi) is 5.96. The monoisotopic (exact) mass is 325 g/mol. The maximum Gasteiger partial charge on any atom is 0.151 e. The fourth-order valence-electron chi connectivity index (χ4n) is 1.94. The molecule has 1 heterocycles. The zero-order valence-electron chi connectivity index (χ0n) is 12.5. The van der Waals surface area contributed by atoms with Gasteiger partial charge in [-0.2, -0.15) is 0 Å². The average Bonchev–Trinajstić information content (AvgIpc) is 2.92. The molecule has 0 unspecified atom stereocenters. The molecule has 0 saturated carbocycles. The van der Waals surface area contributed by atoms with Crippen LogP contribution in [0, 0.1) is 0 Å². The predicted molar refractivity (Wildman–Crippen MR) is 88.4 cm³/mol. The molecule has 21 heavy (non-hydrogen) atoms. The van der Waals surface area contributed by atoms with Crippen molar-refractivity contribution in [3.8, 4) is 16.3 Å². The Bertz CT molecular complexity index is 586. The predicted octanol–water partition coefficient (Wildman–Crippen LogP) is 3.80. The van der Waals surface area contributed by atoms with Gasteiger partial charge in [0.15, 0.2) is 5.01 Å². The third-order valence-corrected chi connectivity index (χ3v) is 4.23. The second-order valence-corrected chi connectivity index (χ2v) is 6.56. The third-order valence-electron chi connectivity index (χ3n) is 2.98. The average molecular weight is 326 g/mol. The molecule has 0 fully saturated rings. The van der Waals surface area contributed by atoms with Crippen LogP contribution in [0.2, 0.25) is 5.02 Å². The van der Waals surface area contributed by atoms with Crippen LogP contribution >= 0.6 is 22.9 Å². The highest BCUT2D eigenvalue weighted by Crippen LogP contribution is 2.34.